The predicted octanol–water partition coefficient (Wildman–Crippen LogP) is 3.42. The van der Waals surface area contributed by atoms with Crippen molar-refractivity contribution in [3.8, 4) is 0 Å². The lowest BCUT2D eigenvalue weighted by Crippen LogP contribution is -2.26. The fourth-order valence-electron chi connectivity index (χ4n) is 3.01. The van der Waals surface area contributed by atoms with Crippen LogP contribution in [0.5, 0.6) is 0 Å². The van der Waals surface area contributed by atoms with E-state index in [0.717, 1.165) is 12.1 Å². The molecule has 1 aromatic rings. The van der Waals surface area contributed by atoms with Crippen molar-refractivity contribution in [3.05, 3.63) is 48.2 Å². The highest BCUT2D eigenvalue weighted by Gasteiger charge is 2.43. The maximum Gasteiger partial charge on any atom is 0.230 e. The van der Waals surface area contributed by atoms with Gasteiger partial charge in [0, 0.05) is 18.7 Å². The van der Waals surface area contributed by atoms with Crippen LogP contribution in [0.3, 0.4) is 0 Å². The Hall–Kier alpha value is -1.57. The van der Waals surface area contributed by atoms with Crippen molar-refractivity contribution in [3.63, 3.8) is 0 Å². The first-order chi connectivity index (χ1) is 8.57. The van der Waals surface area contributed by atoms with Crippen LogP contribution in [-0.2, 0) is 4.79 Å². The van der Waals surface area contributed by atoms with Crippen LogP contribution >= 0.6 is 0 Å². The number of amides is 1. The topological polar surface area (TPSA) is 20.3 Å². The van der Waals surface area contributed by atoms with E-state index in [1.54, 1.807) is 4.90 Å². The molecule has 2 heteroatoms. The molecule has 0 radical (unpaired) electrons. The number of allylic oxidation sites excluding steroid dienone is 1. The third kappa shape index (κ3) is 1.96. The van der Waals surface area contributed by atoms with Gasteiger partial charge in [-0.2, -0.15) is 0 Å². The van der Waals surface area contributed by atoms with E-state index in [9.17, 15) is 4.79 Å². The van der Waals surface area contributed by atoms with Gasteiger partial charge in [-0.1, -0.05) is 50.8 Å². The van der Waals surface area contributed by atoms with Gasteiger partial charge in [-0.05, 0) is 17.9 Å². The summed E-state index contributed by atoms with van der Waals surface area (Å²) in [7, 11) is 1.83. The molecule has 18 heavy (non-hydrogen) atoms. The summed E-state index contributed by atoms with van der Waals surface area (Å²) >= 11 is 0. The minimum atomic E-state index is 0.0369. The molecular formula is C16H21NO. The zero-order chi connectivity index (χ0) is 13.3. The molecule has 3 atom stereocenters. The Morgan fingerprint density at radius 1 is 1.33 bits per heavy atom. The van der Waals surface area contributed by atoms with E-state index in [1.807, 2.05) is 25.2 Å². The van der Waals surface area contributed by atoms with E-state index >= 15 is 0 Å². The van der Waals surface area contributed by atoms with Crippen molar-refractivity contribution in [2.24, 2.45) is 11.8 Å². The smallest absolute Gasteiger partial charge is 0.230 e. The molecule has 3 unspecified atom stereocenters. The summed E-state index contributed by atoms with van der Waals surface area (Å²) in [5, 5.41) is 0. The number of hydrogen-bond donors (Lipinski definition) is 0. The van der Waals surface area contributed by atoms with Crippen molar-refractivity contribution in [1.82, 2.24) is 4.90 Å². The molecule has 96 valence electrons. The van der Waals surface area contributed by atoms with Gasteiger partial charge in [0.2, 0.25) is 5.91 Å². The molecule has 2 rings (SSSR count). The van der Waals surface area contributed by atoms with Crippen molar-refractivity contribution in [1.29, 1.82) is 0 Å². The second-order valence-corrected chi connectivity index (χ2v) is 5.13. The highest BCUT2D eigenvalue weighted by Crippen LogP contribution is 2.42. The second kappa shape index (κ2) is 4.97. The number of likely N-dealkylation sites (tertiary alicyclic amines) is 1. The Balaban J connectivity index is 2.35. The van der Waals surface area contributed by atoms with E-state index in [0.29, 0.717) is 0 Å². The summed E-state index contributed by atoms with van der Waals surface area (Å²) in [5.41, 5.74) is 2.20. The molecule has 0 bridgehead atoms. The monoisotopic (exact) mass is 243 g/mol. The quantitative estimate of drug-likeness (QED) is 0.796. The van der Waals surface area contributed by atoms with Gasteiger partial charge >= 0.3 is 0 Å². The normalized spacial score (nSPS) is 25.6. The van der Waals surface area contributed by atoms with Crippen LogP contribution in [-0.4, -0.2) is 17.9 Å². The Labute approximate surface area is 109 Å². The Morgan fingerprint density at radius 3 is 2.39 bits per heavy atom. The van der Waals surface area contributed by atoms with Crippen LogP contribution in [0.15, 0.2) is 42.6 Å². The molecule has 0 N–H and O–H groups in total. The number of carbonyl (C=O) groups excluding carboxylic acids is 1. The summed E-state index contributed by atoms with van der Waals surface area (Å²) < 4.78 is 0. The minimum Gasteiger partial charge on any atom is -0.319 e. The van der Waals surface area contributed by atoms with E-state index in [4.69, 9.17) is 0 Å². The maximum atomic E-state index is 12.4. The molecule has 2 nitrogen and oxygen atoms in total. The number of benzene rings is 1. The molecule has 1 aliphatic rings. The van der Waals surface area contributed by atoms with Crippen molar-refractivity contribution in [2.75, 3.05) is 7.05 Å². The number of hydrogen-bond acceptors (Lipinski definition) is 1. The number of carbonyl (C=O) groups is 1. The summed E-state index contributed by atoms with van der Waals surface area (Å²) in [6.07, 6.45) is 0.978. The van der Waals surface area contributed by atoms with Gasteiger partial charge in [-0.25, -0.2) is 0 Å². The summed E-state index contributed by atoms with van der Waals surface area (Å²) in [4.78, 5) is 14.1. The molecule has 0 aliphatic carbocycles. The third-order valence-electron chi connectivity index (χ3n) is 4.21. The lowest BCUT2D eigenvalue weighted by molar-refractivity contribution is -0.130. The highest BCUT2D eigenvalue weighted by molar-refractivity contribution is 5.85. The first-order valence-electron chi connectivity index (χ1n) is 6.59. The van der Waals surface area contributed by atoms with Crippen molar-refractivity contribution in [2.45, 2.75) is 26.2 Å². The fraction of sp³-hybridized carbons (Fsp3) is 0.438. The second-order valence-electron chi connectivity index (χ2n) is 5.13. The van der Waals surface area contributed by atoms with Gasteiger partial charge in [0.05, 0.1) is 5.92 Å². The molecular weight excluding hydrogens is 222 g/mol. The summed E-state index contributed by atoms with van der Waals surface area (Å²) in [5.74, 6) is 0.765. The molecule has 0 spiro atoms. The zero-order valence-electron chi connectivity index (χ0n) is 11.4. The van der Waals surface area contributed by atoms with Crippen LogP contribution in [0, 0.1) is 11.8 Å². The lowest BCUT2D eigenvalue weighted by Gasteiger charge is -2.23. The minimum absolute atomic E-state index is 0.0369. The lowest BCUT2D eigenvalue weighted by atomic mass is 9.78. The van der Waals surface area contributed by atoms with E-state index < -0.39 is 0 Å². The van der Waals surface area contributed by atoms with Crippen LogP contribution < -0.4 is 0 Å². The largest absolute Gasteiger partial charge is 0.319 e. The third-order valence-corrected chi connectivity index (χ3v) is 4.21. The van der Waals surface area contributed by atoms with Crippen molar-refractivity contribution >= 4 is 5.91 Å². The van der Waals surface area contributed by atoms with E-state index in [1.165, 1.54) is 5.56 Å². The number of nitrogens with zero attached hydrogens (tertiary/aromatic N) is 1. The molecule has 1 amide bonds. The number of rotatable bonds is 3. The first kappa shape index (κ1) is 12.9. The van der Waals surface area contributed by atoms with Crippen molar-refractivity contribution < 1.29 is 4.79 Å². The standard InChI is InChI=1S/C16H21NO/c1-5-14(13-9-7-6-8-10-13)15-11(2)12(3)17(4)16(15)18/h6-11,14-15H,3,5H2,1-2,4H3. The van der Waals surface area contributed by atoms with Crippen LogP contribution in [0.4, 0.5) is 0 Å². The molecule has 1 heterocycles. The Kier molecular flexibility index (Phi) is 3.55. The molecule has 1 saturated heterocycles. The summed E-state index contributed by atoms with van der Waals surface area (Å²) in [6, 6.07) is 10.3. The van der Waals surface area contributed by atoms with Gasteiger partial charge in [0.1, 0.15) is 0 Å². The maximum absolute atomic E-state index is 12.4. The predicted molar refractivity (Wildman–Crippen MR) is 74.0 cm³/mol. The Bertz CT molecular complexity index is 451. The van der Waals surface area contributed by atoms with Crippen LogP contribution in [0.25, 0.3) is 0 Å². The first-order valence-corrected chi connectivity index (χ1v) is 6.59. The zero-order valence-corrected chi connectivity index (χ0v) is 11.4. The molecule has 1 aliphatic heterocycles. The highest BCUT2D eigenvalue weighted by atomic mass is 16.2. The fourth-order valence-corrected chi connectivity index (χ4v) is 3.01. The molecule has 0 aromatic heterocycles. The van der Waals surface area contributed by atoms with Gasteiger partial charge in [-0.3, -0.25) is 4.79 Å². The van der Waals surface area contributed by atoms with Crippen LogP contribution in [0.2, 0.25) is 0 Å². The Morgan fingerprint density at radius 2 is 1.94 bits per heavy atom. The molecule has 1 fully saturated rings. The SMILES string of the molecule is C=C1C(C)C(C(CC)c2ccccc2)C(=O)N1C. The van der Waals surface area contributed by atoms with Gasteiger partial charge in [0.15, 0.2) is 0 Å². The van der Waals surface area contributed by atoms with E-state index in [-0.39, 0.29) is 23.7 Å². The van der Waals surface area contributed by atoms with Crippen LogP contribution in [0.1, 0.15) is 31.7 Å². The van der Waals surface area contributed by atoms with E-state index in [2.05, 4.69) is 32.6 Å². The molecule has 1 aromatic carbocycles. The summed E-state index contributed by atoms with van der Waals surface area (Å²) in [6.45, 7) is 8.29. The average molecular weight is 243 g/mol. The molecule has 0 saturated carbocycles. The van der Waals surface area contributed by atoms with Gasteiger partial charge in [-0.15, -0.1) is 0 Å². The average Bonchev–Trinajstić information content (AvgIpc) is 2.59. The van der Waals surface area contributed by atoms with Gasteiger partial charge < -0.3 is 4.90 Å². The van der Waals surface area contributed by atoms with Gasteiger partial charge in [0.25, 0.3) is 0 Å².